The Balaban J connectivity index is 2.05. The molecule has 20 heavy (non-hydrogen) atoms. The highest BCUT2D eigenvalue weighted by molar-refractivity contribution is 6.34. The molecule has 2 aromatic carbocycles. The van der Waals surface area contributed by atoms with Crippen molar-refractivity contribution < 1.29 is 9.52 Å². The molecule has 0 fully saturated rings. The predicted molar refractivity (Wildman–Crippen MR) is 81.5 cm³/mol. The van der Waals surface area contributed by atoms with Gasteiger partial charge in [-0.05, 0) is 36.2 Å². The summed E-state index contributed by atoms with van der Waals surface area (Å²) in [7, 11) is 0. The van der Waals surface area contributed by atoms with Gasteiger partial charge in [0.1, 0.15) is 11.9 Å². The Morgan fingerprint density at radius 1 is 1.05 bits per heavy atom. The summed E-state index contributed by atoms with van der Waals surface area (Å²) in [5, 5.41) is 12.5. The van der Waals surface area contributed by atoms with Gasteiger partial charge in [-0.1, -0.05) is 47.5 Å². The summed E-state index contributed by atoms with van der Waals surface area (Å²) < 4.78 is 5.67. The highest BCUT2D eigenvalue weighted by atomic mass is 35.5. The first-order valence-corrected chi connectivity index (χ1v) is 6.94. The van der Waals surface area contributed by atoms with E-state index in [9.17, 15) is 5.11 Å². The molecule has 0 spiro atoms. The van der Waals surface area contributed by atoms with Crippen LogP contribution in [-0.2, 0) is 0 Å². The van der Waals surface area contributed by atoms with Crippen molar-refractivity contribution in [2.45, 2.75) is 13.0 Å². The second-order valence-electron chi connectivity index (χ2n) is 4.72. The number of para-hydroxylation sites is 1. The van der Waals surface area contributed by atoms with Crippen LogP contribution in [0.1, 0.15) is 23.0 Å². The molecule has 3 aromatic rings. The van der Waals surface area contributed by atoms with Crippen LogP contribution in [0, 0.1) is 6.92 Å². The summed E-state index contributed by atoms with van der Waals surface area (Å²) in [6.07, 6.45) is -0.838. The van der Waals surface area contributed by atoms with Crippen LogP contribution in [-0.4, -0.2) is 5.11 Å². The molecule has 0 saturated heterocycles. The molecule has 0 aliphatic heterocycles. The minimum Gasteiger partial charge on any atom is -0.456 e. The Kier molecular flexibility index (Phi) is 3.47. The van der Waals surface area contributed by atoms with Crippen LogP contribution in [0.3, 0.4) is 0 Å². The predicted octanol–water partition coefficient (Wildman–Crippen LogP) is 5.13. The summed E-state index contributed by atoms with van der Waals surface area (Å²) in [4.78, 5) is 0. The first kappa shape index (κ1) is 13.5. The third kappa shape index (κ3) is 2.31. The number of rotatable bonds is 2. The molecule has 0 bridgehead atoms. The molecule has 1 unspecified atom stereocenters. The fourth-order valence-electron chi connectivity index (χ4n) is 2.18. The van der Waals surface area contributed by atoms with Crippen LogP contribution in [0.4, 0.5) is 0 Å². The zero-order chi connectivity index (χ0) is 14.3. The number of aryl methyl sites for hydroxylation is 1. The lowest BCUT2D eigenvalue weighted by molar-refractivity contribution is 0.192. The first-order valence-electron chi connectivity index (χ1n) is 6.18. The minimum atomic E-state index is -0.838. The van der Waals surface area contributed by atoms with Gasteiger partial charge in [0.15, 0.2) is 5.58 Å². The molecule has 0 radical (unpaired) electrons. The topological polar surface area (TPSA) is 33.4 Å². The van der Waals surface area contributed by atoms with Gasteiger partial charge in [-0.25, -0.2) is 0 Å². The van der Waals surface area contributed by atoms with Crippen LogP contribution in [0.2, 0.25) is 10.0 Å². The highest BCUT2D eigenvalue weighted by Gasteiger charge is 2.17. The quantitative estimate of drug-likeness (QED) is 0.712. The number of benzene rings is 2. The van der Waals surface area contributed by atoms with Crippen molar-refractivity contribution in [1.82, 2.24) is 0 Å². The van der Waals surface area contributed by atoms with Gasteiger partial charge in [0, 0.05) is 10.4 Å². The Hall–Kier alpha value is -1.48. The average molecular weight is 307 g/mol. The average Bonchev–Trinajstić information content (AvgIpc) is 2.86. The first-order chi connectivity index (χ1) is 9.56. The third-order valence-corrected chi connectivity index (χ3v) is 4.00. The van der Waals surface area contributed by atoms with Gasteiger partial charge in [0.05, 0.1) is 5.02 Å². The SMILES string of the molecule is Cc1cc(C(O)c2cc3cccc(Cl)c3o2)ccc1Cl. The second-order valence-corrected chi connectivity index (χ2v) is 5.53. The van der Waals surface area contributed by atoms with Crippen molar-refractivity contribution in [3.8, 4) is 0 Å². The standard InChI is InChI=1S/C16H12Cl2O2/c1-9-7-10(5-6-12(9)17)15(19)14-8-11-3-2-4-13(18)16(11)20-14/h2-8,15,19H,1H3. The molecular weight excluding hydrogens is 295 g/mol. The van der Waals surface area contributed by atoms with Crippen molar-refractivity contribution in [3.05, 3.63) is 69.4 Å². The van der Waals surface area contributed by atoms with E-state index in [2.05, 4.69) is 0 Å². The smallest absolute Gasteiger partial charge is 0.153 e. The Bertz CT molecular complexity index is 777. The summed E-state index contributed by atoms with van der Waals surface area (Å²) in [6.45, 7) is 1.90. The van der Waals surface area contributed by atoms with Crippen LogP contribution in [0.5, 0.6) is 0 Å². The molecule has 102 valence electrons. The fourth-order valence-corrected chi connectivity index (χ4v) is 2.52. The van der Waals surface area contributed by atoms with E-state index >= 15 is 0 Å². The summed E-state index contributed by atoms with van der Waals surface area (Å²) >= 11 is 12.1. The lowest BCUT2D eigenvalue weighted by Crippen LogP contribution is -1.98. The van der Waals surface area contributed by atoms with Gasteiger partial charge in [0.25, 0.3) is 0 Å². The van der Waals surface area contributed by atoms with E-state index in [1.165, 1.54) is 0 Å². The number of hydrogen-bond donors (Lipinski definition) is 1. The van der Waals surface area contributed by atoms with Gasteiger partial charge in [-0.2, -0.15) is 0 Å². The Labute approximate surface area is 126 Å². The monoisotopic (exact) mass is 306 g/mol. The van der Waals surface area contributed by atoms with E-state index in [0.29, 0.717) is 21.4 Å². The zero-order valence-corrected chi connectivity index (χ0v) is 12.2. The summed E-state index contributed by atoms with van der Waals surface area (Å²) in [5.41, 5.74) is 2.24. The van der Waals surface area contributed by atoms with Crippen molar-refractivity contribution in [2.24, 2.45) is 0 Å². The minimum absolute atomic E-state index is 0.467. The molecule has 2 nitrogen and oxygen atoms in total. The van der Waals surface area contributed by atoms with E-state index < -0.39 is 6.10 Å². The number of furan rings is 1. The van der Waals surface area contributed by atoms with E-state index in [0.717, 1.165) is 16.5 Å². The highest BCUT2D eigenvalue weighted by Crippen LogP contribution is 2.32. The van der Waals surface area contributed by atoms with Crippen molar-refractivity contribution in [1.29, 1.82) is 0 Å². The zero-order valence-electron chi connectivity index (χ0n) is 10.7. The number of aliphatic hydroxyl groups excluding tert-OH is 1. The Morgan fingerprint density at radius 3 is 2.55 bits per heavy atom. The van der Waals surface area contributed by atoms with Gasteiger partial charge in [0.2, 0.25) is 0 Å². The molecular formula is C16H12Cl2O2. The van der Waals surface area contributed by atoms with Crippen LogP contribution >= 0.6 is 23.2 Å². The molecule has 0 aliphatic carbocycles. The van der Waals surface area contributed by atoms with E-state index in [1.807, 2.05) is 25.1 Å². The van der Waals surface area contributed by atoms with E-state index in [1.54, 1.807) is 24.3 Å². The van der Waals surface area contributed by atoms with Crippen molar-refractivity contribution in [3.63, 3.8) is 0 Å². The maximum absolute atomic E-state index is 10.4. The van der Waals surface area contributed by atoms with Crippen LogP contribution in [0.15, 0.2) is 46.9 Å². The Morgan fingerprint density at radius 2 is 1.85 bits per heavy atom. The second kappa shape index (κ2) is 5.13. The molecule has 0 saturated carbocycles. The molecule has 0 aliphatic rings. The third-order valence-electron chi connectivity index (χ3n) is 3.28. The van der Waals surface area contributed by atoms with Gasteiger partial charge in [-0.3, -0.25) is 0 Å². The van der Waals surface area contributed by atoms with E-state index in [-0.39, 0.29) is 0 Å². The summed E-state index contributed by atoms with van der Waals surface area (Å²) in [6, 6.07) is 12.7. The van der Waals surface area contributed by atoms with Crippen LogP contribution in [0.25, 0.3) is 11.0 Å². The maximum atomic E-state index is 10.4. The molecule has 3 rings (SSSR count). The largest absolute Gasteiger partial charge is 0.456 e. The molecule has 1 aromatic heterocycles. The number of halogens is 2. The molecule has 1 heterocycles. The lowest BCUT2D eigenvalue weighted by Gasteiger charge is -2.09. The van der Waals surface area contributed by atoms with Crippen molar-refractivity contribution >= 4 is 34.2 Å². The number of hydrogen-bond acceptors (Lipinski definition) is 2. The molecule has 1 atom stereocenters. The molecule has 4 heteroatoms. The van der Waals surface area contributed by atoms with E-state index in [4.69, 9.17) is 27.6 Å². The normalized spacial score (nSPS) is 12.8. The van der Waals surface area contributed by atoms with Gasteiger partial charge >= 0.3 is 0 Å². The maximum Gasteiger partial charge on any atom is 0.153 e. The van der Waals surface area contributed by atoms with Gasteiger partial charge in [-0.15, -0.1) is 0 Å². The van der Waals surface area contributed by atoms with Crippen LogP contribution < -0.4 is 0 Å². The van der Waals surface area contributed by atoms with Crippen molar-refractivity contribution in [2.75, 3.05) is 0 Å². The summed E-state index contributed by atoms with van der Waals surface area (Å²) in [5.74, 6) is 0.467. The lowest BCUT2D eigenvalue weighted by atomic mass is 10.0. The van der Waals surface area contributed by atoms with Gasteiger partial charge < -0.3 is 9.52 Å². The molecule has 1 N–H and O–H groups in total. The molecule has 0 amide bonds. The number of fused-ring (bicyclic) bond motifs is 1. The fraction of sp³-hybridized carbons (Fsp3) is 0.125. The number of aliphatic hydroxyl groups is 1.